The number of benzene rings is 1. The molecule has 0 aliphatic heterocycles. The van der Waals surface area contributed by atoms with Crippen LogP contribution in [-0.2, 0) is 0 Å². The highest BCUT2D eigenvalue weighted by atomic mass is 79.9. The van der Waals surface area contributed by atoms with Crippen LogP contribution in [0.2, 0.25) is 0 Å². The molecule has 1 aromatic heterocycles. The molecule has 0 atom stereocenters. The van der Waals surface area contributed by atoms with Crippen LogP contribution in [-0.4, -0.2) is 17.2 Å². The summed E-state index contributed by atoms with van der Waals surface area (Å²) in [7, 11) is 0. The number of aromatic hydroxyl groups is 1. The van der Waals surface area contributed by atoms with E-state index in [9.17, 15) is 9.90 Å². The smallest absolute Gasteiger partial charge is 0.275 e. The molecule has 0 radical (unpaired) electrons. The number of amides is 1. The topological polar surface area (TPSA) is 61.7 Å². The monoisotopic (exact) mass is 402 g/mol. The molecule has 0 spiro atoms. The van der Waals surface area contributed by atoms with Crippen molar-refractivity contribution in [1.29, 1.82) is 0 Å². The Morgan fingerprint density at radius 2 is 2.21 bits per heavy atom. The average Bonchev–Trinajstić information content (AvgIpc) is 2.86. The van der Waals surface area contributed by atoms with Crippen LogP contribution in [0.25, 0.3) is 0 Å². The fourth-order valence-electron chi connectivity index (χ4n) is 1.31. The molecule has 0 bridgehead atoms. The van der Waals surface area contributed by atoms with Gasteiger partial charge >= 0.3 is 0 Å². The van der Waals surface area contributed by atoms with E-state index >= 15 is 0 Å². The summed E-state index contributed by atoms with van der Waals surface area (Å²) in [6.07, 6.45) is 1.54. The van der Waals surface area contributed by atoms with Gasteiger partial charge in [0.15, 0.2) is 0 Å². The van der Waals surface area contributed by atoms with Gasteiger partial charge in [0.2, 0.25) is 0 Å². The van der Waals surface area contributed by atoms with Crippen molar-refractivity contribution in [1.82, 2.24) is 5.43 Å². The van der Waals surface area contributed by atoms with Gasteiger partial charge in [0.25, 0.3) is 5.91 Å². The van der Waals surface area contributed by atoms with Crippen LogP contribution in [0.1, 0.15) is 15.9 Å². The van der Waals surface area contributed by atoms with E-state index in [4.69, 9.17) is 0 Å². The number of hydrogen-bond donors (Lipinski definition) is 2. The van der Waals surface area contributed by atoms with E-state index in [0.717, 1.165) is 5.56 Å². The quantitative estimate of drug-likeness (QED) is 0.605. The Bertz CT molecular complexity index is 627. The zero-order valence-electron chi connectivity index (χ0n) is 9.43. The second kappa shape index (κ2) is 6.31. The van der Waals surface area contributed by atoms with Crippen molar-refractivity contribution in [2.75, 3.05) is 0 Å². The molecule has 0 fully saturated rings. The summed E-state index contributed by atoms with van der Waals surface area (Å²) in [4.78, 5) is 11.9. The number of carbonyl (C=O) groups is 1. The lowest BCUT2D eigenvalue weighted by atomic mass is 10.2. The zero-order valence-corrected chi connectivity index (χ0v) is 13.4. The first-order valence-corrected chi connectivity index (χ1v) is 7.64. The number of rotatable bonds is 3. The molecule has 1 aromatic carbocycles. The van der Waals surface area contributed by atoms with E-state index in [-0.39, 0.29) is 11.3 Å². The Labute approximate surface area is 130 Å². The Balaban J connectivity index is 2.12. The molecule has 1 amide bonds. The first-order chi connectivity index (χ1) is 9.08. The van der Waals surface area contributed by atoms with Gasteiger partial charge < -0.3 is 5.11 Å². The molecule has 98 valence electrons. The highest BCUT2D eigenvalue weighted by molar-refractivity contribution is 9.11. The Morgan fingerprint density at radius 1 is 1.42 bits per heavy atom. The predicted molar refractivity (Wildman–Crippen MR) is 82.9 cm³/mol. The number of hydrogen-bond acceptors (Lipinski definition) is 4. The summed E-state index contributed by atoms with van der Waals surface area (Å²) < 4.78 is 1.12. The van der Waals surface area contributed by atoms with Crippen LogP contribution in [0.3, 0.4) is 0 Å². The minimum atomic E-state index is -0.481. The number of phenols is 1. The fourth-order valence-corrected chi connectivity index (χ4v) is 3.15. The van der Waals surface area contributed by atoms with Crippen LogP contribution in [0.15, 0.2) is 43.0 Å². The van der Waals surface area contributed by atoms with Crippen LogP contribution >= 0.6 is 43.2 Å². The highest BCUT2D eigenvalue weighted by Crippen LogP contribution is 2.31. The Morgan fingerprint density at radius 3 is 2.89 bits per heavy atom. The molecule has 19 heavy (non-hydrogen) atoms. The maximum atomic E-state index is 11.9. The van der Waals surface area contributed by atoms with Gasteiger partial charge in [0, 0.05) is 10.0 Å². The van der Waals surface area contributed by atoms with Gasteiger partial charge in [0.05, 0.1) is 16.3 Å². The van der Waals surface area contributed by atoms with Gasteiger partial charge in [0.1, 0.15) is 5.75 Å². The van der Waals surface area contributed by atoms with Crippen molar-refractivity contribution in [3.63, 3.8) is 0 Å². The first-order valence-electron chi connectivity index (χ1n) is 5.11. The summed E-state index contributed by atoms with van der Waals surface area (Å²) in [5, 5.41) is 17.5. The van der Waals surface area contributed by atoms with E-state index in [2.05, 4.69) is 42.4 Å². The lowest BCUT2D eigenvalue weighted by molar-refractivity contribution is 0.0952. The molecule has 2 aromatic rings. The van der Waals surface area contributed by atoms with Crippen molar-refractivity contribution < 1.29 is 9.90 Å². The standard InChI is InChI=1S/C12H8Br2N2O2S/c13-8-3-9(11(17)10(14)4-8)12(18)16-15-5-7-1-2-19-6-7/h1-6,17H,(H,16,18)/b15-5-. The van der Waals surface area contributed by atoms with Crippen LogP contribution < -0.4 is 5.43 Å². The Hall–Kier alpha value is -1.18. The summed E-state index contributed by atoms with van der Waals surface area (Å²) in [6, 6.07) is 5.06. The van der Waals surface area contributed by atoms with Crippen LogP contribution in [0, 0.1) is 0 Å². The summed E-state index contributed by atoms with van der Waals surface area (Å²) in [6.45, 7) is 0. The number of thiophene rings is 1. The van der Waals surface area contributed by atoms with Gasteiger partial charge in [-0.1, -0.05) is 15.9 Å². The van der Waals surface area contributed by atoms with Crippen molar-refractivity contribution in [3.05, 3.63) is 49.0 Å². The van der Waals surface area contributed by atoms with E-state index in [0.29, 0.717) is 8.95 Å². The molecule has 4 nitrogen and oxygen atoms in total. The van der Waals surface area contributed by atoms with E-state index in [1.807, 2.05) is 16.8 Å². The summed E-state index contributed by atoms with van der Waals surface area (Å²) in [5.74, 6) is -0.600. The molecule has 0 aliphatic carbocycles. The van der Waals surface area contributed by atoms with Crippen LogP contribution in [0.5, 0.6) is 5.75 Å². The van der Waals surface area contributed by atoms with Crippen molar-refractivity contribution >= 4 is 55.3 Å². The first kappa shape index (κ1) is 14.2. The molecule has 0 saturated carbocycles. The average molecular weight is 404 g/mol. The molecule has 2 rings (SSSR count). The van der Waals surface area contributed by atoms with E-state index in [1.54, 1.807) is 23.6 Å². The molecule has 0 aliphatic rings. The minimum absolute atomic E-state index is 0.119. The Kier molecular flexibility index (Phi) is 4.73. The summed E-state index contributed by atoms with van der Waals surface area (Å²) >= 11 is 7.97. The third kappa shape index (κ3) is 3.65. The predicted octanol–water partition coefficient (Wildman–Crippen LogP) is 3.74. The number of phenolic OH excluding ortho intramolecular Hbond substituents is 1. The zero-order chi connectivity index (χ0) is 13.8. The molecular weight excluding hydrogens is 396 g/mol. The van der Waals surface area contributed by atoms with E-state index in [1.165, 1.54) is 6.07 Å². The lowest BCUT2D eigenvalue weighted by Crippen LogP contribution is -2.17. The number of nitrogens with one attached hydrogen (secondary N) is 1. The summed E-state index contributed by atoms with van der Waals surface area (Å²) in [5.41, 5.74) is 3.42. The van der Waals surface area contributed by atoms with Gasteiger partial charge in [-0.3, -0.25) is 4.79 Å². The molecule has 2 N–H and O–H groups in total. The number of nitrogens with zero attached hydrogens (tertiary/aromatic N) is 1. The van der Waals surface area contributed by atoms with Gasteiger partial charge in [-0.15, -0.1) is 0 Å². The molecular formula is C12H8Br2N2O2S. The van der Waals surface area contributed by atoms with Gasteiger partial charge in [-0.05, 0) is 44.9 Å². The van der Waals surface area contributed by atoms with E-state index < -0.39 is 5.91 Å². The van der Waals surface area contributed by atoms with Gasteiger partial charge in [-0.2, -0.15) is 16.4 Å². The van der Waals surface area contributed by atoms with Crippen molar-refractivity contribution in [2.45, 2.75) is 0 Å². The second-order valence-electron chi connectivity index (χ2n) is 3.54. The largest absolute Gasteiger partial charge is 0.506 e. The number of hydrazone groups is 1. The van der Waals surface area contributed by atoms with Crippen LogP contribution in [0.4, 0.5) is 0 Å². The maximum absolute atomic E-state index is 11.9. The third-order valence-corrected chi connectivity index (χ3v) is 3.96. The second-order valence-corrected chi connectivity index (χ2v) is 6.09. The number of carbonyl (C=O) groups excluding carboxylic acids is 1. The van der Waals surface area contributed by atoms with Gasteiger partial charge in [-0.25, -0.2) is 5.43 Å². The molecule has 1 heterocycles. The molecule has 0 unspecified atom stereocenters. The maximum Gasteiger partial charge on any atom is 0.275 e. The minimum Gasteiger partial charge on any atom is -0.506 e. The number of halogens is 2. The SMILES string of the molecule is O=C(N/N=C\c1ccsc1)c1cc(Br)cc(Br)c1O. The highest BCUT2D eigenvalue weighted by Gasteiger charge is 2.14. The normalized spacial score (nSPS) is 10.8. The lowest BCUT2D eigenvalue weighted by Gasteiger charge is -2.05. The van der Waals surface area contributed by atoms with Crippen molar-refractivity contribution in [3.8, 4) is 5.75 Å². The van der Waals surface area contributed by atoms with Crippen molar-refractivity contribution in [2.24, 2.45) is 5.10 Å². The third-order valence-electron chi connectivity index (χ3n) is 2.20. The molecule has 7 heteroatoms. The molecule has 0 saturated heterocycles. The fraction of sp³-hybridized carbons (Fsp3) is 0.